The largest absolute Gasteiger partial charge is 0.478 e. The van der Waals surface area contributed by atoms with Crippen LogP contribution in [0.15, 0.2) is 69.2 Å². The first-order valence-electron chi connectivity index (χ1n) is 8.52. The summed E-state index contributed by atoms with van der Waals surface area (Å²) in [7, 11) is 0. The SMILES string of the molecule is O=C(O)c1c(-c2ccc(Cl)cc2)csc1NC(O)c1cc(=O)c2ccccc2o1. The Bertz CT molecular complexity index is 1260. The second-order valence-corrected chi connectivity index (χ2v) is 7.54. The van der Waals surface area contributed by atoms with Gasteiger partial charge in [0.1, 0.15) is 16.1 Å². The number of aliphatic hydroxyl groups excluding tert-OH is 1. The molecule has 146 valence electrons. The zero-order valence-electron chi connectivity index (χ0n) is 14.8. The van der Waals surface area contributed by atoms with Gasteiger partial charge < -0.3 is 19.9 Å². The third kappa shape index (κ3) is 3.75. The Morgan fingerprint density at radius 1 is 1.14 bits per heavy atom. The quantitative estimate of drug-likeness (QED) is 0.388. The Balaban J connectivity index is 1.70. The van der Waals surface area contributed by atoms with Gasteiger partial charge in [-0.3, -0.25) is 4.79 Å². The van der Waals surface area contributed by atoms with Gasteiger partial charge in [-0.2, -0.15) is 0 Å². The number of carboxylic acid groups (broad SMARTS) is 1. The Hall–Kier alpha value is -3.13. The lowest BCUT2D eigenvalue weighted by atomic mass is 10.0. The number of hydrogen-bond acceptors (Lipinski definition) is 6. The molecule has 2 heterocycles. The predicted molar refractivity (Wildman–Crippen MR) is 113 cm³/mol. The number of hydrogen-bond donors (Lipinski definition) is 3. The number of halogens is 1. The number of fused-ring (bicyclic) bond motifs is 1. The maximum absolute atomic E-state index is 12.2. The van der Waals surface area contributed by atoms with Crippen LogP contribution >= 0.6 is 22.9 Å². The number of thiophene rings is 1. The number of carboxylic acids is 1. The maximum atomic E-state index is 12.2. The van der Waals surface area contributed by atoms with Crippen molar-refractivity contribution in [1.29, 1.82) is 0 Å². The van der Waals surface area contributed by atoms with E-state index in [0.29, 0.717) is 27.1 Å². The van der Waals surface area contributed by atoms with E-state index < -0.39 is 12.2 Å². The van der Waals surface area contributed by atoms with Crippen LogP contribution in [0.4, 0.5) is 5.00 Å². The summed E-state index contributed by atoms with van der Waals surface area (Å²) >= 11 is 7.03. The van der Waals surface area contributed by atoms with Gasteiger partial charge in [0, 0.05) is 22.0 Å². The second-order valence-electron chi connectivity index (χ2n) is 6.22. The molecule has 3 N–H and O–H groups in total. The third-order valence-electron chi connectivity index (χ3n) is 4.35. The Morgan fingerprint density at radius 3 is 2.59 bits per heavy atom. The van der Waals surface area contributed by atoms with Crippen LogP contribution in [0, 0.1) is 0 Å². The maximum Gasteiger partial charge on any atom is 0.339 e. The van der Waals surface area contributed by atoms with E-state index >= 15 is 0 Å². The molecule has 8 heteroatoms. The summed E-state index contributed by atoms with van der Waals surface area (Å²) in [6.45, 7) is 0. The molecule has 29 heavy (non-hydrogen) atoms. The lowest BCUT2D eigenvalue weighted by Gasteiger charge is -2.13. The molecule has 0 saturated heterocycles. The van der Waals surface area contributed by atoms with Crippen LogP contribution in [-0.2, 0) is 0 Å². The van der Waals surface area contributed by atoms with Crippen molar-refractivity contribution in [2.24, 2.45) is 0 Å². The molecule has 0 amide bonds. The van der Waals surface area contributed by atoms with Crippen LogP contribution in [0.5, 0.6) is 0 Å². The molecule has 1 unspecified atom stereocenters. The Labute approximate surface area is 173 Å². The summed E-state index contributed by atoms with van der Waals surface area (Å²) in [5.41, 5.74) is 1.23. The fourth-order valence-corrected chi connectivity index (χ4v) is 4.08. The molecule has 2 aromatic carbocycles. The molecule has 4 aromatic rings. The number of benzene rings is 2. The van der Waals surface area contributed by atoms with E-state index in [0.717, 1.165) is 11.3 Å². The van der Waals surface area contributed by atoms with E-state index in [4.69, 9.17) is 16.0 Å². The zero-order chi connectivity index (χ0) is 20.5. The van der Waals surface area contributed by atoms with E-state index in [2.05, 4.69) is 5.32 Å². The number of nitrogens with one attached hydrogen (secondary N) is 1. The molecule has 0 fully saturated rings. The molecule has 1 atom stereocenters. The minimum Gasteiger partial charge on any atom is -0.478 e. The van der Waals surface area contributed by atoms with Gasteiger partial charge in [0.05, 0.1) is 5.39 Å². The van der Waals surface area contributed by atoms with Crippen molar-refractivity contribution in [3.05, 3.63) is 86.5 Å². The van der Waals surface area contributed by atoms with Crippen LogP contribution in [0.1, 0.15) is 22.3 Å². The van der Waals surface area contributed by atoms with Crippen molar-refractivity contribution in [1.82, 2.24) is 0 Å². The summed E-state index contributed by atoms with van der Waals surface area (Å²) in [6.07, 6.45) is -1.40. The summed E-state index contributed by atoms with van der Waals surface area (Å²) < 4.78 is 5.61. The highest BCUT2D eigenvalue weighted by atomic mass is 35.5. The highest BCUT2D eigenvalue weighted by Gasteiger charge is 2.23. The predicted octanol–water partition coefficient (Wildman–Crippen LogP) is 4.98. The monoisotopic (exact) mass is 427 g/mol. The first-order valence-corrected chi connectivity index (χ1v) is 9.78. The molecule has 0 aliphatic rings. The van der Waals surface area contributed by atoms with Crippen molar-refractivity contribution < 1.29 is 19.4 Å². The summed E-state index contributed by atoms with van der Waals surface area (Å²) in [4.78, 5) is 24.1. The van der Waals surface area contributed by atoms with Crippen LogP contribution in [0.3, 0.4) is 0 Å². The number of aromatic carboxylic acids is 1. The fraction of sp³-hybridized carbons (Fsp3) is 0.0476. The lowest BCUT2D eigenvalue weighted by Crippen LogP contribution is -2.14. The number of para-hydroxylation sites is 1. The van der Waals surface area contributed by atoms with Gasteiger partial charge in [-0.15, -0.1) is 11.3 Å². The number of aliphatic hydroxyl groups is 1. The van der Waals surface area contributed by atoms with Gasteiger partial charge in [-0.05, 0) is 29.8 Å². The van der Waals surface area contributed by atoms with E-state index in [9.17, 15) is 19.8 Å². The summed E-state index contributed by atoms with van der Waals surface area (Å²) in [5.74, 6) is -1.16. The zero-order valence-corrected chi connectivity index (χ0v) is 16.3. The lowest BCUT2D eigenvalue weighted by molar-refractivity contribution is 0.0699. The molecular weight excluding hydrogens is 414 g/mol. The van der Waals surface area contributed by atoms with Crippen molar-refractivity contribution in [2.75, 3.05) is 5.32 Å². The highest BCUT2D eigenvalue weighted by molar-refractivity contribution is 7.15. The molecule has 4 rings (SSSR count). The molecule has 2 aromatic heterocycles. The van der Waals surface area contributed by atoms with E-state index in [1.807, 2.05) is 0 Å². The molecular formula is C21H14ClNO5S. The average Bonchev–Trinajstić information content (AvgIpc) is 3.12. The topological polar surface area (TPSA) is 99.8 Å². The van der Waals surface area contributed by atoms with Crippen LogP contribution < -0.4 is 10.7 Å². The summed E-state index contributed by atoms with van der Waals surface area (Å²) in [6, 6.07) is 14.7. The minimum atomic E-state index is -1.40. The number of rotatable bonds is 5. The Morgan fingerprint density at radius 2 is 1.86 bits per heavy atom. The van der Waals surface area contributed by atoms with Crippen LogP contribution in [0.2, 0.25) is 5.02 Å². The molecule has 0 bridgehead atoms. The molecule has 0 aliphatic heterocycles. The van der Waals surface area contributed by atoms with Crippen molar-refractivity contribution in [3.63, 3.8) is 0 Å². The highest BCUT2D eigenvalue weighted by Crippen LogP contribution is 2.37. The van der Waals surface area contributed by atoms with Crippen molar-refractivity contribution in [3.8, 4) is 11.1 Å². The van der Waals surface area contributed by atoms with Gasteiger partial charge in [0.25, 0.3) is 0 Å². The van der Waals surface area contributed by atoms with E-state index in [-0.39, 0.29) is 21.8 Å². The van der Waals surface area contributed by atoms with Gasteiger partial charge >= 0.3 is 5.97 Å². The van der Waals surface area contributed by atoms with Crippen molar-refractivity contribution in [2.45, 2.75) is 6.23 Å². The molecule has 0 spiro atoms. The van der Waals surface area contributed by atoms with E-state index in [1.54, 1.807) is 53.9 Å². The average molecular weight is 428 g/mol. The number of carbonyl (C=O) groups is 1. The van der Waals surface area contributed by atoms with Gasteiger partial charge in [0.15, 0.2) is 17.4 Å². The number of anilines is 1. The van der Waals surface area contributed by atoms with E-state index in [1.165, 1.54) is 6.07 Å². The molecule has 0 aliphatic carbocycles. The molecule has 0 saturated carbocycles. The second kappa shape index (κ2) is 7.71. The van der Waals surface area contributed by atoms with Gasteiger partial charge in [-0.25, -0.2) is 4.79 Å². The smallest absolute Gasteiger partial charge is 0.339 e. The molecule has 6 nitrogen and oxygen atoms in total. The van der Waals surface area contributed by atoms with Crippen LogP contribution in [-0.4, -0.2) is 16.2 Å². The minimum absolute atomic E-state index is 0.00789. The van der Waals surface area contributed by atoms with Crippen LogP contribution in [0.25, 0.3) is 22.1 Å². The molecule has 0 radical (unpaired) electrons. The first kappa shape index (κ1) is 19.2. The summed E-state index contributed by atoms with van der Waals surface area (Å²) in [5, 5.41) is 25.8. The van der Waals surface area contributed by atoms with Gasteiger partial charge in [0.2, 0.25) is 0 Å². The van der Waals surface area contributed by atoms with Crippen molar-refractivity contribution >= 4 is 44.9 Å². The third-order valence-corrected chi connectivity index (χ3v) is 5.51. The first-order chi connectivity index (χ1) is 13.9. The Kier molecular flexibility index (Phi) is 5.10. The fourth-order valence-electron chi connectivity index (χ4n) is 2.97. The standard InChI is InChI=1S/C21H14ClNO5S/c22-12-7-5-11(6-8-12)14-10-29-20(18(14)21(26)27)23-19(25)17-9-15(24)13-3-1-2-4-16(13)28-17/h1-10,19,23,25H,(H,26,27). The normalized spacial score (nSPS) is 12.1. The van der Waals surface area contributed by atoms with Gasteiger partial charge in [-0.1, -0.05) is 35.9 Å².